The molecule has 2 aromatic rings. The molecule has 1 aliphatic rings. The van der Waals surface area contributed by atoms with Gasteiger partial charge < -0.3 is 22.1 Å². The van der Waals surface area contributed by atoms with Crippen LogP contribution in [0, 0.1) is 6.92 Å². The Labute approximate surface area is 168 Å². The quantitative estimate of drug-likeness (QED) is 0.446. The fourth-order valence-corrected chi connectivity index (χ4v) is 2.94. The number of anilines is 2. The maximum absolute atomic E-state index is 11.1. The molecule has 1 aromatic carbocycles. The van der Waals surface area contributed by atoms with E-state index in [-0.39, 0.29) is 12.1 Å². The van der Waals surface area contributed by atoms with Crippen LogP contribution in [0.5, 0.6) is 0 Å². The minimum absolute atomic E-state index is 0.0787. The summed E-state index contributed by atoms with van der Waals surface area (Å²) in [6.45, 7) is 3.20. The Morgan fingerprint density at radius 3 is 2.86 bits per heavy atom. The molecule has 0 saturated carbocycles. The van der Waals surface area contributed by atoms with E-state index in [4.69, 9.17) is 23.1 Å². The van der Waals surface area contributed by atoms with E-state index in [1.807, 2.05) is 37.3 Å². The monoisotopic (exact) mass is 399 g/mol. The van der Waals surface area contributed by atoms with Crippen LogP contribution >= 0.6 is 11.6 Å². The number of rotatable bonds is 7. The average Bonchev–Trinajstić information content (AvgIpc) is 2.67. The number of carbonyl (C=O) groups excluding carboxylic acids is 1. The summed E-state index contributed by atoms with van der Waals surface area (Å²) in [7, 11) is 0. The number of nitrogens with two attached hydrogens (primary N) is 2. The van der Waals surface area contributed by atoms with E-state index in [0.29, 0.717) is 35.2 Å². The van der Waals surface area contributed by atoms with Crippen LogP contribution in [0.3, 0.4) is 0 Å². The van der Waals surface area contributed by atoms with Crippen molar-refractivity contribution >= 4 is 29.3 Å². The molecule has 0 radical (unpaired) electrons. The lowest BCUT2D eigenvalue weighted by molar-refractivity contribution is -0.114. The van der Waals surface area contributed by atoms with Crippen LogP contribution in [0.15, 0.2) is 48.2 Å². The SMILES string of the molecule is Cc1c(Cl)cccc1-c1cc(NCCNC2C=CC(C(N)=O)=CN2)nc(N)n1. The number of aromatic nitrogens is 2. The number of halogens is 1. The molecule has 28 heavy (non-hydrogen) atoms. The van der Waals surface area contributed by atoms with Crippen molar-refractivity contribution in [2.24, 2.45) is 5.73 Å². The van der Waals surface area contributed by atoms with Gasteiger partial charge in [-0.25, -0.2) is 4.98 Å². The maximum Gasteiger partial charge on any atom is 0.250 e. The maximum atomic E-state index is 11.1. The molecule has 0 aliphatic carbocycles. The summed E-state index contributed by atoms with van der Waals surface area (Å²) in [5.74, 6) is 0.357. The third-order valence-corrected chi connectivity index (χ3v) is 4.66. The summed E-state index contributed by atoms with van der Waals surface area (Å²) in [4.78, 5) is 19.6. The molecule has 7 N–H and O–H groups in total. The van der Waals surface area contributed by atoms with Crippen LogP contribution in [0.25, 0.3) is 11.3 Å². The molecule has 3 rings (SSSR count). The largest absolute Gasteiger partial charge is 0.372 e. The van der Waals surface area contributed by atoms with Gasteiger partial charge in [0.1, 0.15) is 5.82 Å². The first-order valence-corrected chi connectivity index (χ1v) is 9.13. The molecular formula is C19H22ClN7O. The second-order valence-electron chi connectivity index (χ2n) is 6.26. The zero-order valence-corrected chi connectivity index (χ0v) is 16.1. The van der Waals surface area contributed by atoms with E-state index in [1.165, 1.54) is 0 Å². The number of nitrogen functional groups attached to an aromatic ring is 1. The Hall–Kier alpha value is -3.10. The van der Waals surface area contributed by atoms with Gasteiger partial charge in [-0.15, -0.1) is 0 Å². The molecule has 1 unspecified atom stereocenters. The van der Waals surface area contributed by atoms with Crippen molar-refractivity contribution in [3.05, 3.63) is 58.8 Å². The number of primary amides is 1. The van der Waals surface area contributed by atoms with E-state index in [0.717, 1.165) is 11.1 Å². The first-order valence-electron chi connectivity index (χ1n) is 8.75. The molecule has 0 fully saturated rings. The Bertz CT molecular complexity index is 942. The van der Waals surface area contributed by atoms with Gasteiger partial charge in [0.05, 0.1) is 17.4 Å². The third-order valence-electron chi connectivity index (χ3n) is 4.25. The van der Waals surface area contributed by atoms with Crippen molar-refractivity contribution in [2.45, 2.75) is 13.1 Å². The van der Waals surface area contributed by atoms with E-state index >= 15 is 0 Å². The summed E-state index contributed by atoms with van der Waals surface area (Å²) in [5.41, 5.74) is 14.1. The van der Waals surface area contributed by atoms with Gasteiger partial charge in [0.25, 0.3) is 0 Å². The number of nitrogens with zero attached hydrogens (tertiary/aromatic N) is 2. The second-order valence-corrected chi connectivity index (χ2v) is 6.66. The molecule has 0 bridgehead atoms. The van der Waals surface area contributed by atoms with Crippen molar-refractivity contribution < 1.29 is 4.79 Å². The molecule has 8 nitrogen and oxygen atoms in total. The Balaban J connectivity index is 1.57. The highest BCUT2D eigenvalue weighted by molar-refractivity contribution is 6.31. The van der Waals surface area contributed by atoms with Gasteiger partial charge in [-0.1, -0.05) is 23.7 Å². The lowest BCUT2D eigenvalue weighted by Gasteiger charge is -2.19. The lowest BCUT2D eigenvalue weighted by Crippen LogP contribution is -2.42. The molecule has 0 spiro atoms. The predicted molar refractivity (Wildman–Crippen MR) is 111 cm³/mol. The fraction of sp³-hybridized carbons (Fsp3) is 0.211. The second kappa shape index (κ2) is 8.73. The van der Waals surface area contributed by atoms with Crippen molar-refractivity contribution in [1.29, 1.82) is 0 Å². The van der Waals surface area contributed by atoms with Crippen LogP contribution in [0.2, 0.25) is 5.02 Å². The topological polar surface area (TPSA) is 131 Å². The van der Waals surface area contributed by atoms with Gasteiger partial charge in [-0.2, -0.15) is 4.98 Å². The summed E-state index contributed by atoms with van der Waals surface area (Å²) in [6.07, 6.45) is 5.04. The zero-order chi connectivity index (χ0) is 20.1. The zero-order valence-electron chi connectivity index (χ0n) is 15.4. The summed E-state index contributed by atoms with van der Waals surface area (Å²) in [5, 5.41) is 10.2. The third kappa shape index (κ3) is 4.79. The van der Waals surface area contributed by atoms with Crippen LogP contribution in [0.1, 0.15) is 5.56 Å². The molecule has 0 saturated heterocycles. The molecule has 1 amide bonds. The van der Waals surface area contributed by atoms with E-state index < -0.39 is 5.91 Å². The number of hydrogen-bond donors (Lipinski definition) is 5. The van der Waals surface area contributed by atoms with Crippen LogP contribution in [-0.2, 0) is 4.79 Å². The first-order chi connectivity index (χ1) is 13.4. The van der Waals surface area contributed by atoms with Crippen LogP contribution in [0.4, 0.5) is 11.8 Å². The summed E-state index contributed by atoms with van der Waals surface area (Å²) >= 11 is 6.21. The van der Waals surface area contributed by atoms with Crippen LogP contribution in [-0.4, -0.2) is 35.1 Å². The molecule has 1 atom stereocenters. The number of amides is 1. The van der Waals surface area contributed by atoms with Gasteiger partial charge in [-0.3, -0.25) is 10.1 Å². The van der Waals surface area contributed by atoms with Gasteiger partial charge in [0.15, 0.2) is 0 Å². The molecule has 1 aromatic heterocycles. The highest BCUT2D eigenvalue weighted by atomic mass is 35.5. The first kappa shape index (κ1) is 19.7. The van der Waals surface area contributed by atoms with Crippen molar-refractivity contribution in [1.82, 2.24) is 20.6 Å². The van der Waals surface area contributed by atoms with Gasteiger partial charge in [0.2, 0.25) is 11.9 Å². The van der Waals surface area contributed by atoms with Crippen molar-refractivity contribution in [3.8, 4) is 11.3 Å². The molecule has 2 heterocycles. The van der Waals surface area contributed by atoms with Crippen molar-refractivity contribution in [2.75, 3.05) is 24.1 Å². The highest BCUT2D eigenvalue weighted by Gasteiger charge is 2.11. The molecule has 146 valence electrons. The van der Waals surface area contributed by atoms with E-state index in [1.54, 1.807) is 12.3 Å². The van der Waals surface area contributed by atoms with Gasteiger partial charge >= 0.3 is 0 Å². The Morgan fingerprint density at radius 1 is 1.32 bits per heavy atom. The minimum atomic E-state index is -0.462. The smallest absolute Gasteiger partial charge is 0.250 e. The normalized spacial score (nSPS) is 15.6. The van der Waals surface area contributed by atoms with Gasteiger partial charge in [-0.05, 0) is 30.7 Å². The standard InChI is InChI=1S/C19H22ClN7O/c1-11-13(3-2-4-14(11)20)15-9-17(27-19(22)26-15)24-8-7-23-16-6-5-12(10-25-16)18(21)28/h2-6,9-10,16,23,25H,7-8H2,1H3,(H2,21,28)(H3,22,24,26,27). The lowest BCUT2D eigenvalue weighted by atomic mass is 10.1. The molecule has 1 aliphatic heterocycles. The number of benzene rings is 1. The fourth-order valence-electron chi connectivity index (χ4n) is 2.76. The van der Waals surface area contributed by atoms with E-state index in [9.17, 15) is 4.79 Å². The number of carbonyl (C=O) groups is 1. The number of nitrogens with one attached hydrogen (secondary N) is 3. The predicted octanol–water partition coefficient (Wildman–Crippen LogP) is 1.54. The Kier molecular flexibility index (Phi) is 6.13. The highest BCUT2D eigenvalue weighted by Crippen LogP contribution is 2.28. The van der Waals surface area contributed by atoms with Gasteiger partial charge in [0, 0.05) is 35.9 Å². The minimum Gasteiger partial charge on any atom is -0.372 e. The summed E-state index contributed by atoms with van der Waals surface area (Å²) in [6, 6.07) is 7.51. The number of hydrogen-bond acceptors (Lipinski definition) is 7. The molecule has 9 heteroatoms. The van der Waals surface area contributed by atoms with Crippen LogP contribution < -0.4 is 27.4 Å². The molecular weight excluding hydrogens is 378 g/mol. The van der Waals surface area contributed by atoms with E-state index in [2.05, 4.69) is 25.9 Å². The summed E-state index contributed by atoms with van der Waals surface area (Å²) < 4.78 is 0. The Morgan fingerprint density at radius 2 is 2.14 bits per heavy atom. The average molecular weight is 400 g/mol. The van der Waals surface area contributed by atoms with Crippen molar-refractivity contribution in [3.63, 3.8) is 0 Å². The number of dihydropyridines is 1.